The SMILES string of the molecule is Cc1nnc(SCCNC(=O)CSCc2ccccc2C)s1. The number of carbonyl (C=O) groups is 1. The fraction of sp³-hybridized carbons (Fsp3) is 0.400. The number of thioether (sulfide) groups is 2. The summed E-state index contributed by atoms with van der Waals surface area (Å²) >= 11 is 4.86. The van der Waals surface area contributed by atoms with Crippen LogP contribution in [-0.2, 0) is 10.5 Å². The number of aryl methyl sites for hydroxylation is 2. The molecule has 0 unspecified atom stereocenters. The summed E-state index contributed by atoms with van der Waals surface area (Å²) in [4.78, 5) is 11.8. The van der Waals surface area contributed by atoms with Crippen LogP contribution in [0.25, 0.3) is 0 Å². The van der Waals surface area contributed by atoms with Crippen molar-refractivity contribution in [2.24, 2.45) is 0 Å². The van der Waals surface area contributed by atoms with Crippen molar-refractivity contribution in [2.75, 3.05) is 18.1 Å². The Morgan fingerprint density at radius 2 is 2.09 bits per heavy atom. The molecule has 0 aliphatic heterocycles. The van der Waals surface area contributed by atoms with Crippen molar-refractivity contribution in [1.82, 2.24) is 15.5 Å². The minimum atomic E-state index is 0.0904. The number of hydrogen-bond donors (Lipinski definition) is 1. The van der Waals surface area contributed by atoms with E-state index in [2.05, 4.69) is 34.6 Å². The van der Waals surface area contributed by atoms with E-state index in [0.29, 0.717) is 12.3 Å². The van der Waals surface area contributed by atoms with E-state index in [1.807, 2.05) is 19.1 Å². The van der Waals surface area contributed by atoms with Crippen LogP contribution in [0.4, 0.5) is 0 Å². The van der Waals surface area contributed by atoms with Gasteiger partial charge in [0.25, 0.3) is 0 Å². The lowest BCUT2D eigenvalue weighted by Gasteiger charge is -2.06. The minimum absolute atomic E-state index is 0.0904. The lowest BCUT2D eigenvalue weighted by Crippen LogP contribution is -2.27. The highest BCUT2D eigenvalue weighted by molar-refractivity contribution is 8.01. The van der Waals surface area contributed by atoms with Gasteiger partial charge in [-0.05, 0) is 25.0 Å². The van der Waals surface area contributed by atoms with Gasteiger partial charge >= 0.3 is 0 Å². The second-order valence-corrected chi connectivity index (χ2v) is 8.21. The van der Waals surface area contributed by atoms with Crippen LogP contribution in [-0.4, -0.2) is 34.2 Å². The molecule has 22 heavy (non-hydrogen) atoms. The van der Waals surface area contributed by atoms with Crippen molar-refractivity contribution >= 4 is 40.8 Å². The second kappa shape index (κ2) is 9.17. The third-order valence-corrected chi connectivity index (χ3v) is 5.86. The summed E-state index contributed by atoms with van der Waals surface area (Å²) in [7, 11) is 0. The number of nitrogens with one attached hydrogen (secondary N) is 1. The standard InChI is InChI=1S/C15H19N3OS3/c1-11-5-3-4-6-13(11)9-20-10-14(19)16-7-8-21-15-18-17-12(2)22-15/h3-6H,7-10H2,1-2H3,(H,16,19). The van der Waals surface area contributed by atoms with Crippen LogP contribution in [0.15, 0.2) is 28.6 Å². The maximum absolute atomic E-state index is 11.8. The largest absolute Gasteiger partial charge is 0.355 e. The van der Waals surface area contributed by atoms with Crippen LogP contribution in [0.5, 0.6) is 0 Å². The van der Waals surface area contributed by atoms with E-state index >= 15 is 0 Å². The van der Waals surface area contributed by atoms with Gasteiger partial charge in [0.2, 0.25) is 5.91 Å². The van der Waals surface area contributed by atoms with Gasteiger partial charge in [-0.3, -0.25) is 4.79 Å². The average molecular weight is 354 g/mol. The van der Waals surface area contributed by atoms with Crippen LogP contribution in [0.1, 0.15) is 16.1 Å². The number of nitrogens with zero attached hydrogens (tertiary/aromatic N) is 2. The van der Waals surface area contributed by atoms with Crippen molar-refractivity contribution in [3.05, 3.63) is 40.4 Å². The Morgan fingerprint density at radius 3 is 2.82 bits per heavy atom. The molecule has 0 aliphatic carbocycles. The van der Waals surface area contributed by atoms with Crippen LogP contribution in [0.2, 0.25) is 0 Å². The fourth-order valence-electron chi connectivity index (χ4n) is 1.74. The number of rotatable bonds is 8. The van der Waals surface area contributed by atoms with Crippen molar-refractivity contribution in [3.8, 4) is 0 Å². The summed E-state index contributed by atoms with van der Waals surface area (Å²) in [5.41, 5.74) is 2.57. The maximum atomic E-state index is 11.8. The summed E-state index contributed by atoms with van der Waals surface area (Å²) < 4.78 is 0.959. The predicted octanol–water partition coefficient (Wildman–Crippen LogP) is 3.30. The number of benzene rings is 1. The van der Waals surface area contributed by atoms with Crippen LogP contribution >= 0.6 is 34.9 Å². The number of amides is 1. The molecule has 2 rings (SSSR count). The van der Waals surface area contributed by atoms with Crippen molar-refractivity contribution in [1.29, 1.82) is 0 Å². The zero-order valence-electron chi connectivity index (χ0n) is 12.7. The topological polar surface area (TPSA) is 54.9 Å². The van der Waals surface area contributed by atoms with E-state index in [-0.39, 0.29) is 5.91 Å². The van der Waals surface area contributed by atoms with Gasteiger partial charge in [-0.15, -0.1) is 22.0 Å². The lowest BCUT2D eigenvalue weighted by atomic mass is 10.1. The zero-order valence-corrected chi connectivity index (χ0v) is 15.1. The fourth-order valence-corrected chi connectivity index (χ4v) is 4.42. The zero-order chi connectivity index (χ0) is 15.8. The number of aromatic nitrogens is 2. The van der Waals surface area contributed by atoms with E-state index < -0.39 is 0 Å². The van der Waals surface area contributed by atoms with Gasteiger partial charge < -0.3 is 5.32 Å². The van der Waals surface area contributed by atoms with E-state index in [9.17, 15) is 4.79 Å². The maximum Gasteiger partial charge on any atom is 0.230 e. The molecular weight excluding hydrogens is 334 g/mol. The summed E-state index contributed by atoms with van der Waals surface area (Å²) in [5, 5.41) is 11.9. The Kier molecular flexibility index (Phi) is 7.21. The Hall–Kier alpha value is -1.05. The highest BCUT2D eigenvalue weighted by Gasteiger charge is 2.04. The van der Waals surface area contributed by atoms with E-state index in [4.69, 9.17) is 0 Å². The molecule has 1 amide bonds. The summed E-state index contributed by atoms with van der Waals surface area (Å²) in [6, 6.07) is 8.28. The number of hydrogen-bond acceptors (Lipinski definition) is 6. The highest BCUT2D eigenvalue weighted by Crippen LogP contribution is 2.21. The highest BCUT2D eigenvalue weighted by atomic mass is 32.2. The molecule has 0 aliphatic rings. The van der Waals surface area contributed by atoms with Crippen molar-refractivity contribution in [3.63, 3.8) is 0 Å². The Labute approximate surface area is 143 Å². The second-order valence-electron chi connectivity index (χ2n) is 4.70. The van der Waals surface area contributed by atoms with Crippen LogP contribution < -0.4 is 5.32 Å². The molecule has 1 N–H and O–H groups in total. The Morgan fingerprint density at radius 1 is 1.27 bits per heavy atom. The van der Waals surface area contributed by atoms with Crippen molar-refractivity contribution in [2.45, 2.75) is 23.9 Å². The molecule has 2 aromatic rings. The first-order valence-corrected chi connectivity index (χ1v) is 9.92. The van der Waals surface area contributed by atoms with E-state index in [1.54, 1.807) is 34.9 Å². The molecule has 0 atom stereocenters. The molecule has 0 saturated heterocycles. The predicted molar refractivity (Wildman–Crippen MR) is 95.7 cm³/mol. The van der Waals surface area contributed by atoms with Gasteiger partial charge in [0.05, 0.1) is 5.75 Å². The first kappa shape index (κ1) is 17.3. The molecule has 0 radical (unpaired) electrons. The molecule has 1 aromatic heterocycles. The smallest absolute Gasteiger partial charge is 0.230 e. The summed E-state index contributed by atoms with van der Waals surface area (Å²) in [6.45, 7) is 4.70. The quantitative estimate of drug-likeness (QED) is 0.583. The van der Waals surface area contributed by atoms with Gasteiger partial charge in [-0.25, -0.2) is 0 Å². The molecule has 0 fully saturated rings. The van der Waals surface area contributed by atoms with Gasteiger partial charge in [-0.1, -0.05) is 47.4 Å². The van der Waals surface area contributed by atoms with Crippen LogP contribution in [0, 0.1) is 13.8 Å². The normalized spacial score (nSPS) is 10.6. The van der Waals surface area contributed by atoms with Gasteiger partial charge in [0, 0.05) is 18.1 Å². The number of carbonyl (C=O) groups excluding carboxylic acids is 1. The molecule has 1 heterocycles. The third kappa shape index (κ3) is 5.98. The van der Waals surface area contributed by atoms with Crippen LogP contribution in [0.3, 0.4) is 0 Å². The molecule has 118 valence electrons. The monoisotopic (exact) mass is 353 g/mol. The van der Waals surface area contributed by atoms with Gasteiger partial charge in [0.15, 0.2) is 4.34 Å². The molecule has 7 heteroatoms. The summed E-state index contributed by atoms with van der Waals surface area (Å²) in [6.07, 6.45) is 0. The van der Waals surface area contributed by atoms with E-state index in [0.717, 1.165) is 20.9 Å². The first-order chi connectivity index (χ1) is 10.6. The first-order valence-electron chi connectivity index (χ1n) is 6.97. The minimum Gasteiger partial charge on any atom is -0.355 e. The average Bonchev–Trinajstić information content (AvgIpc) is 2.91. The Balaban J connectivity index is 1.57. The molecule has 0 spiro atoms. The molecule has 4 nitrogen and oxygen atoms in total. The molecular formula is C15H19N3OS3. The lowest BCUT2D eigenvalue weighted by molar-refractivity contribution is -0.118. The third-order valence-electron chi connectivity index (χ3n) is 2.91. The molecule has 1 aromatic carbocycles. The van der Waals surface area contributed by atoms with Gasteiger partial charge in [-0.2, -0.15) is 0 Å². The molecule has 0 saturated carbocycles. The van der Waals surface area contributed by atoms with E-state index in [1.165, 1.54) is 11.1 Å². The molecule has 0 bridgehead atoms. The Bertz CT molecular complexity index is 616. The van der Waals surface area contributed by atoms with Gasteiger partial charge in [0.1, 0.15) is 5.01 Å². The summed E-state index contributed by atoms with van der Waals surface area (Å²) in [5.74, 6) is 2.28. The van der Waals surface area contributed by atoms with Crippen molar-refractivity contribution < 1.29 is 4.79 Å².